The third-order valence-corrected chi connectivity index (χ3v) is 4.24. The number of benzene rings is 2. The number of nitrogens with one attached hydrogen (secondary N) is 1. The largest absolute Gasteiger partial charge is 0.493 e. The van der Waals surface area contributed by atoms with E-state index in [0.717, 1.165) is 16.8 Å². The summed E-state index contributed by atoms with van der Waals surface area (Å²) in [5.41, 5.74) is 3.22. The Labute approximate surface area is 169 Å². The van der Waals surface area contributed by atoms with Gasteiger partial charge >= 0.3 is 5.97 Å². The van der Waals surface area contributed by atoms with Gasteiger partial charge in [0.25, 0.3) is 5.91 Å². The van der Waals surface area contributed by atoms with Crippen LogP contribution in [0.1, 0.15) is 16.7 Å². The number of rotatable bonds is 7. The van der Waals surface area contributed by atoms with Crippen LogP contribution in [0.2, 0.25) is 5.02 Å². The van der Waals surface area contributed by atoms with Gasteiger partial charge in [0.2, 0.25) is 0 Å². The van der Waals surface area contributed by atoms with Gasteiger partial charge in [0.15, 0.2) is 18.1 Å². The minimum atomic E-state index is -0.650. The Morgan fingerprint density at radius 2 is 1.79 bits per heavy atom. The molecule has 0 heterocycles. The molecule has 0 fully saturated rings. The molecular formula is C21H22ClNO5. The SMILES string of the molecule is COc1cc(/C=C/C(=O)OCC(=O)Nc2c(C)cccc2C)cc(Cl)c1OC. The van der Waals surface area contributed by atoms with Crippen LogP contribution in [0.25, 0.3) is 6.08 Å². The first-order valence-corrected chi connectivity index (χ1v) is 8.86. The zero-order chi connectivity index (χ0) is 20.7. The van der Waals surface area contributed by atoms with Crippen LogP contribution >= 0.6 is 11.6 Å². The fourth-order valence-electron chi connectivity index (χ4n) is 2.57. The summed E-state index contributed by atoms with van der Waals surface area (Å²) >= 11 is 6.13. The summed E-state index contributed by atoms with van der Waals surface area (Å²) < 4.78 is 15.4. The number of carbonyl (C=O) groups excluding carboxylic acids is 2. The number of methoxy groups -OCH3 is 2. The van der Waals surface area contributed by atoms with Gasteiger partial charge in [-0.3, -0.25) is 4.79 Å². The first kappa shape index (κ1) is 21.3. The van der Waals surface area contributed by atoms with E-state index < -0.39 is 11.9 Å². The van der Waals surface area contributed by atoms with Crippen LogP contribution in [0.5, 0.6) is 11.5 Å². The molecule has 0 bridgehead atoms. The molecular weight excluding hydrogens is 382 g/mol. The molecule has 0 saturated heterocycles. The zero-order valence-electron chi connectivity index (χ0n) is 16.2. The standard InChI is InChI=1S/C21H22ClNO5/c1-13-6-5-7-14(2)20(13)23-18(24)12-28-19(25)9-8-15-10-16(22)21(27-4)17(11-15)26-3/h5-11H,12H2,1-4H3,(H,23,24)/b9-8+. The summed E-state index contributed by atoms with van der Waals surface area (Å²) in [6.07, 6.45) is 2.73. The molecule has 7 heteroatoms. The second-order valence-corrected chi connectivity index (χ2v) is 6.40. The Morgan fingerprint density at radius 3 is 2.39 bits per heavy atom. The highest BCUT2D eigenvalue weighted by molar-refractivity contribution is 6.32. The number of para-hydroxylation sites is 1. The van der Waals surface area contributed by atoms with Gasteiger partial charge < -0.3 is 19.5 Å². The molecule has 0 unspecified atom stereocenters. The number of amides is 1. The average molecular weight is 404 g/mol. The summed E-state index contributed by atoms with van der Waals surface area (Å²) in [6.45, 7) is 3.40. The Hall–Kier alpha value is -2.99. The van der Waals surface area contributed by atoms with Gasteiger partial charge in [-0.1, -0.05) is 29.8 Å². The molecule has 28 heavy (non-hydrogen) atoms. The van der Waals surface area contributed by atoms with Crippen molar-refractivity contribution >= 4 is 35.2 Å². The maximum atomic E-state index is 12.0. The van der Waals surface area contributed by atoms with E-state index in [2.05, 4.69) is 5.32 Å². The first-order chi connectivity index (χ1) is 13.3. The summed E-state index contributed by atoms with van der Waals surface area (Å²) in [6, 6.07) is 8.99. The van der Waals surface area contributed by atoms with Crippen molar-refractivity contribution in [3.05, 3.63) is 58.1 Å². The Bertz CT molecular complexity index is 888. The van der Waals surface area contributed by atoms with Gasteiger partial charge in [-0.25, -0.2) is 4.79 Å². The molecule has 1 N–H and O–H groups in total. The van der Waals surface area contributed by atoms with E-state index >= 15 is 0 Å². The predicted octanol–water partition coefficient (Wildman–Crippen LogP) is 4.17. The zero-order valence-corrected chi connectivity index (χ0v) is 16.9. The van der Waals surface area contributed by atoms with E-state index in [1.165, 1.54) is 26.4 Å². The van der Waals surface area contributed by atoms with Crippen LogP contribution < -0.4 is 14.8 Å². The van der Waals surface area contributed by atoms with Gasteiger partial charge in [-0.2, -0.15) is 0 Å². The maximum Gasteiger partial charge on any atom is 0.331 e. The van der Waals surface area contributed by atoms with Crippen LogP contribution in [-0.2, 0) is 14.3 Å². The van der Waals surface area contributed by atoms with E-state index in [9.17, 15) is 9.59 Å². The fourth-order valence-corrected chi connectivity index (χ4v) is 2.87. The van der Waals surface area contributed by atoms with E-state index in [-0.39, 0.29) is 6.61 Å². The summed E-state index contributed by atoms with van der Waals surface area (Å²) in [5.74, 6) is -0.209. The van der Waals surface area contributed by atoms with Gasteiger partial charge in [-0.15, -0.1) is 0 Å². The molecule has 0 saturated carbocycles. The lowest BCUT2D eigenvalue weighted by Gasteiger charge is -2.11. The second-order valence-electron chi connectivity index (χ2n) is 5.99. The fraction of sp³-hybridized carbons (Fsp3) is 0.238. The molecule has 0 aliphatic rings. The van der Waals surface area contributed by atoms with Crippen molar-refractivity contribution in [3.8, 4) is 11.5 Å². The van der Waals surface area contributed by atoms with Gasteiger partial charge in [0, 0.05) is 11.8 Å². The highest BCUT2D eigenvalue weighted by Crippen LogP contribution is 2.36. The first-order valence-electron chi connectivity index (χ1n) is 8.48. The summed E-state index contributed by atoms with van der Waals surface area (Å²) in [4.78, 5) is 23.9. The third kappa shape index (κ3) is 5.50. The van der Waals surface area contributed by atoms with Gasteiger partial charge in [0.1, 0.15) is 0 Å². The lowest BCUT2D eigenvalue weighted by molar-refractivity contribution is -0.142. The summed E-state index contributed by atoms with van der Waals surface area (Å²) in [5, 5.41) is 3.10. The number of carbonyl (C=O) groups is 2. The van der Waals surface area contributed by atoms with Crippen molar-refractivity contribution < 1.29 is 23.8 Å². The molecule has 2 aromatic rings. The topological polar surface area (TPSA) is 73.9 Å². The molecule has 0 aliphatic carbocycles. The van der Waals surface area contributed by atoms with Gasteiger partial charge in [0.05, 0.1) is 19.2 Å². The monoisotopic (exact) mass is 403 g/mol. The highest BCUT2D eigenvalue weighted by atomic mass is 35.5. The van der Waals surface area contributed by atoms with Crippen LogP contribution in [0.15, 0.2) is 36.4 Å². The predicted molar refractivity (Wildman–Crippen MR) is 109 cm³/mol. The van der Waals surface area contributed by atoms with Crippen LogP contribution in [0, 0.1) is 13.8 Å². The Balaban J connectivity index is 1.95. The van der Waals surface area contributed by atoms with Crippen molar-refractivity contribution in [2.45, 2.75) is 13.8 Å². The van der Waals surface area contributed by atoms with E-state index in [1.807, 2.05) is 32.0 Å². The van der Waals surface area contributed by atoms with Crippen LogP contribution in [0.4, 0.5) is 5.69 Å². The molecule has 0 aromatic heterocycles. The van der Waals surface area contributed by atoms with E-state index in [0.29, 0.717) is 22.1 Å². The number of hydrogen-bond acceptors (Lipinski definition) is 5. The Morgan fingerprint density at radius 1 is 1.11 bits per heavy atom. The minimum Gasteiger partial charge on any atom is -0.493 e. The van der Waals surface area contributed by atoms with Crippen molar-refractivity contribution in [1.29, 1.82) is 0 Å². The van der Waals surface area contributed by atoms with Gasteiger partial charge in [-0.05, 0) is 48.7 Å². The molecule has 1 amide bonds. The van der Waals surface area contributed by atoms with Crippen molar-refractivity contribution in [2.24, 2.45) is 0 Å². The van der Waals surface area contributed by atoms with Crippen LogP contribution in [-0.4, -0.2) is 32.7 Å². The number of hydrogen-bond donors (Lipinski definition) is 1. The maximum absolute atomic E-state index is 12.0. The van der Waals surface area contributed by atoms with Crippen molar-refractivity contribution in [1.82, 2.24) is 0 Å². The number of halogens is 1. The van der Waals surface area contributed by atoms with Crippen molar-refractivity contribution in [2.75, 3.05) is 26.1 Å². The average Bonchev–Trinajstić information content (AvgIpc) is 2.67. The number of ether oxygens (including phenoxy) is 3. The molecule has 0 atom stereocenters. The normalized spacial score (nSPS) is 10.6. The Kier molecular flexibility index (Phi) is 7.46. The molecule has 148 valence electrons. The van der Waals surface area contributed by atoms with Crippen LogP contribution in [0.3, 0.4) is 0 Å². The quantitative estimate of drug-likeness (QED) is 0.554. The smallest absolute Gasteiger partial charge is 0.331 e. The molecule has 2 rings (SSSR count). The van der Waals surface area contributed by atoms with E-state index in [1.54, 1.807) is 12.1 Å². The van der Waals surface area contributed by atoms with Crippen molar-refractivity contribution in [3.63, 3.8) is 0 Å². The molecule has 2 aromatic carbocycles. The van der Waals surface area contributed by atoms with E-state index in [4.69, 9.17) is 25.8 Å². The lowest BCUT2D eigenvalue weighted by Crippen LogP contribution is -2.21. The number of anilines is 1. The highest BCUT2D eigenvalue weighted by Gasteiger charge is 2.11. The second kappa shape index (κ2) is 9.80. The minimum absolute atomic E-state index is 0.350. The molecule has 0 aliphatic heterocycles. The lowest BCUT2D eigenvalue weighted by atomic mass is 10.1. The molecule has 0 radical (unpaired) electrons. The number of esters is 1. The third-order valence-electron chi connectivity index (χ3n) is 3.96. The molecule has 6 nitrogen and oxygen atoms in total. The number of aryl methyl sites for hydroxylation is 2. The molecule has 0 spiro atoms. The summed E-state index contributed by atoms with van der Waals surface area (Å²) in [7, 11) is 2.98.